The molecule has 27 heavy (non-hydrogen) atoms. The molecule has 4 heterocycles. The van der Waals surface area contributed by atoms with E-state index in [1.807, 2.05) is 26.1 Å². The summed E-state index contributed by atoms with van der Waals surface area (Å²) in [6.45, 7) is 6.29. The Labute approximate surface area is 157 Å². The molecule has 0 radical (unpaired) electrons. The molecule has 0 spiro atoms. The maximum absolute atomic E-state index is 12.7. The Bertz CT molecular complexity index is 968. The van der Waals surface area contributed by atoms with Gasteiger partial charge in [-0.05, 0) is 37.8 Å². The summed E-state index contributed by atoms with van der Waals surface area (Å²) in [6, 6.07) is 3.72. The number of nitrogens with zero attached hydrogens (tertiary/aromatic N) is 5. The van der Waals surface area contributed by atoms with Crippen LogP contribution in [0.1, 0.15) is 41.9 Å². The number of nitrogens with one attached hydrogen (secondary N) is 1. The van der Waals surface area contributed by atoms with Crippen LogP contribution in [0, 0.1) is 12.8 Å². The first-order chi connectivity index (χ1) is 13.0. The van der Waals surface area contributed by atoms with Crippen molar-refractivity contribution in [2.45, 2.75) is 33.2 Å². The number of aromatic nitrogens is 4. The van der Waals surface area contributed by atoms with Gasteiger partial charge in [-0.3, -0.25) is 9.48 Å². The van der Waals surface area contributed by atoms with Gasteiger partial charge >= 0.3 is 0 Å². The van der Waals surface area contributed by atoms with Gasteiger partial charge in [0.1, 0.15) is 17.3 Å². The molecule has 0 aromatic carbocycles. The molecule has 0 bridgehead atoms. The van der Waals surface area contributed by atoms with Crippen LogP contribution in [0.5, 0.6) is 0 Å². The van der Waals surface area contributed by atoms with Gasteiger partial charge < -0.3 is 14.6 Å². The maximum atomic E-state index is 12.7. The average molecular weight is 368 g/mol. The number of anilines is 1. The molecule has 0 atom stereocenters. The summed E-state index contributed by atoms with van der Waals surface area (Å²) in [5.41, 5.74) is 0.664. The van der Waals surface area contributed by atoms with Gasteiger partial charge in [-0.25, -0.2) is 9.97 Å². The Balaban J connectivity index is 1.62. The highest BCUT2D eigenvalue weighted by atomic mass is 16.3. The molecule has 1 saturated heterocycles. The van der Waals surface area contributed by atoms with E-state index in [0.29, 0.717) is 23.9 Å². The number of carbonyl (C=O) groups excluding carboxylic acids is 1. The van der Waals surface area contributed by atoms with Crippen molar-refractivity contribution in [2.24, 2.45) is 13.0 Å². The third kappa shape index (κ3) is 3.51. The monoisotopic (exact) mass is 368 g/mol. The molecule has 0 unspecified atom stereocenters. The lowest BCUT2D eigenvalue weighted by atomic mass is 9.99. The molecule has 0 saturated carbocycles. The molecule has 4 rings (SSSR count). The van der Waals surface area contributed by atoms with Crippen molar-refractivity contribution >= 4 is 22.8 Å². The van der Waals surface area contributed by atoms with E-state index in [4.69, 9.17) is 4.42 Å². The topological polar surface area (TPSA) is 89.1 Å². The molecule has 1 amide bonds. The van der Waals surface area contributed by atoms with Gasteiger partial charge in [0.25, 0.3) is 5.91 Å². The number of rotatable bonds is 4. The number of aryl methyl sites for hydroxylation is 2. The van der Waals surface area contributed by atoms with Crippen molar-refractivity contribution in [1.82, 2.24) is 25.1 Å². The standard InChI is InChI=1S/C19H24N6O2/c1-12-6-8-25(9-7-12)18-15-11-21-24(3)17(15)22-16(23-18)19(26)20-10-14-5-4-13(2)27-14/h4-5,11-12H,6-10H2,1-3H3,(H,20,26). The van der Waals surface area contributed by atoms with E-state index in [9.17, 15) is 4.79 Å². The van der Waals surface area contributed by atoms with Gasteiger partial charge in [0, 0.05) is 20.1 Å². The fraction of sp³-hybridized carbons (Fsp3) is 0.474. The molecular formula is C19H24N6O2. The van der Waals surface area contributed by atoms with Crippen LogP contribution < -0.4 is 10.2 Å². The summed E-state index contributed by atoms with van der Waals surface area (Å²) in [4.78, 5) is 23.9. The molecule has 8 nitrogen and oxygen atoms in total. The van der Waals surface area contributed by atoms with Crippen LogP contribution in [0.25, 0.3) is 11.0 Å². The molecule has 1 fully saturated rings. The maximum Gasteiger partial charge on any atom is 0.289 e. The Kier molecular flexibility index (Phi) is 4.55. The number of fused-ring (bicyclic) bond motifs is 1. The highest BCUT2D eigenvalue weighted by Crippen LogP contribution is 2.27. The van der Waals surface area contributed by atoms with Crippen molar-refractivity contribution in [2.75, 3.05) is 18.0 Å². The van der Waals surface area contributed by atoms with Crippen LogP contribution in [0.3, 0.4) is 0 Å². The van der Waals surface area contributed by atoms with Crippen LogP contribution in [0.2, 0.25) is 0 Å². The van der Waals surface area contributed by atoms with E-state index < -0.39 is 0 Å². The van der Waals surface area contributed by atoms with Gasteiger partial charge in [0.15, 0.2) is 5.65 Å². The first kappa shape index (κ1) is 17.5. The highest BCUT2D eigenvalue weighted by molar-refractivity contribution is 5.95. The van der Waals surface area contributed by atoms with Crippen molar-refractivity contribution in [3.05, 3.63) is 35.7 Å². The second-order valence-corrected chi connectivity index (χ2v) is 7.24. The van der Waals surface area contributed by atoms with E-state index >= 15 is 0 Å². The lowest BCUT2D eigenvalue weighted by Gasteiger charge is -2.31. The van der Waals surface area contributed by atoms with E-state index in [1.165, 1.54) is 0 Å². The first-order valence-corrected chi connectivity index (χ1v) is 9.29. The number of carbonyl (C=O) groups is 1. The molecule has 3 aromatic heterocycles. The molecular weight excluding hydrogens is 344 g/mol. The Hall–Kier alpha value is -2.90. The fourth-order valence-electron chi connectivity index (χ4n) is 3.40. The van der Waals surface area contributed by atoms with Gasteiger partial charge in [-0.15, -0.1) is 0 Å². The molecule has 1 N–H and O–H groups in total. The third-order valence-corrected chi connectivity index (χ3v) is 5.08. The lowest BCUT2D eigenvalue weighted by Crippen LogP contribution is -2.34. The number of piperidine rings is 1. The summed E-state index contributed by atoms with van der Waals surface area (Å²) in [7, 11) is 1.82. The Morgan fingerprint density at radius 2 is 2.07 bits per heavy atom. The minimum absolute atomic E-state index is 0.156. The van der Waals surface area contributed by atoms with E-state index in [2.05, 4.69) is 32.2 Å². The quantitative estimate of drug-likeness (QED) is 0.761. The largest absolute Gasteiger partial charge is 0.465 e. The summed E-state index contributed by atoms with van der Waals surface area (Å²) in [5.74, 6) is 2.86. The molecule has 3 aromatic rings. The normalized spacial score (nSPS) is 15.4. The lowest BCUT2D eigenvalue weighted by molar-refractivity contribution is 0.0937. The minimum atomic E-state index is -0.321. The van der Waals surface area contributed by atoms with Crippen LogP contribution in [-0.4, -0.2) is 38.7 Å². The summed E-state index contributed by atoms with van der Waals surface area (Å²) in [5, 5.41) is 8.02. The summed E-state index contributed by atoms with van der Waals surface area (Å²) < 4.78 is 7.18. The van der Waals surface area contributed by atoms with Crippen LogP contribution >= 0.6 is 0 Å². The van der Waals surface area contributed by atoms with Gasteiger partial charge in [-0.1, -0.05) is 6.92 Å². The average Bonchev–Trinajstić information content (AvgIpc) is 3.25. The predicted molar refractivity (Wildman–Crippen MR) is 102 cm³/mol. The molecule has 1 aliphatic heterocycles. The van der Waals surface area contributed by atoms with E-state index in [1.54, 1.807) is 10.9 Å². The highest BCUT2D eigenvalue weighted by Gasteiger charge is 2.23. The second kappa shape index (κ2) is 7.02. The second-order valence-electron chi connectivity index (χ2n) is 7.24. The van der Waals surface area contributed by atoms with E-state index in [-0.39, 0.29) is 11.7 Å². The van der Waals surface area contributed by atoms with Crippen molar-refractivity contribution in [1.29, 1.82) is 0 Å². The molecule has 8 heteroatoms. The SMILES string of the molecule is Cc1ccc(CNC(=O)c2nc(N3CCC(C)CC3)c3cnn(C)c3n2)o1. The number of hydrogen-bond donors (Lipinski definition) is 1. The van der Waals surface area contributed by atoms with E-state index in [0.717, 1.165) is 42.9 Å². The molecule has 0 aliphatic carbocycles. The van der Waals surface area contributed by atoms with Crippen LogP contribution in [0.15, 0.2) is 22.7 Å². The third-order valence-electron chi connectivity index (χ3n) is 5.08. The predicted octanol–water partition coefficient (Wildman–Crippen LogP) is 2.43. The summed E-state index contributed by atoms with van der Waals surface area (Å²) >= 11 is 0. The Morgan fingerprint density at radius 3 is 2.78 bits per heavy atom. The number of hydrogen-bond acceptors (Lipinski definition) is 6. The number of furan rings is 1. The van der Waals surface area contributed by atoms with Gasteiger partial charge in [0.2, 0.25) is 5.82 Å². The first-order valence-electron chi connectivity index (χ1n) is 9.29. The van der Waals surface area contributed by atoms with Crippen molar-refractivity contribution in [3.8, 4) is 0 Å². The zero-order valence-corrected chi connectivity index (χ0v) is 15.9. The van der Waals surface area contributed by atoms with Crippen LogP contribution in [0.4, 0.5) is 5.82 Å². The smallest absolute Gasteiger partial charge is 0.289 e. The van der Waals surface area contributed by atoms with Gasteiger partial charge in [-0.2, -0.15) is 5.10 Å². The number of amides is 1. The molecule has 142 valence electrons. The van der Waals surface area contributed by atoms with Crippen molar-refractivity contribution in [3.63, 3.8) is 0 Å². The zero-order valence-electron chi connectivity index (χ0n) is 15.9. The zero-order chi connectivity index (χ0) is 19.0. The Morgan fingerprint density at radius 1 is 1.30 bits per heavy atom. The fourth-order valence-corrected chi connectivity index (χ4v) is 3.40. The minimum Gasteiger partial charge on any atom is -0.465 e. The van der Waals surface area contributed by atoms with Gasteiger partial charge in [0.05, 0.1) is 18.1 Å². The summed E-state index contributed by atoms with van der Waals surface area (Å²) in [6.07, 6.45) is 4.01. The van der Waals surface area contributed by atoms with Crippen LogP contribution in [-0.2, 0) is 13.6 Å². The molecule has 1 aliphatic rings. The van der Waals surface area contributed by atoms with Crippen molar-refractivity contribution < 1.29 is 9.21 Å².